The lowest BCUT2D eigenvalue weighted by Gasteiger charge is -2.08. The highest BCUT2D eigenvalue weighted by atomic mass is 32.2. The number of aromatic hydroxyl groups is 1. The van der Waals surface area contributed by atoms with E-state index in [1.54, 1.807) is 48.2 Å². The fourth-order valence-corrected chi connectivity index (χ4v) is 4.72. The molecule has 0 unspecified atom stereocenters. The molecule has 1 N–H and O–H groups in total. The Morgan fingerprint density at radius 3 is 1.82 bits per heavy atom. The van der Waals surface area contributed by atoms with Gasteiger partial charge in [0.1, 0.15) is 17.3 Å². The summed E-state index contributed by atoms with van der Waals surface area (Å²) >= 11 is 2.84. The Morgan fingerprint density at radius 2 is 1.26 bits per heavy atom. The minimum atomic E-state index is -0.477. The van der Waals surface area contributed by atoms with Crippen LogP contribution in [0.15, 0.2) is 111 Å². The molecule has 4 nitrogen and oxygen atoms in total. The van der Waals surface area contributed by atoms with E-state index in [4.69, 9.17) is 4.74 Å². The Kier molecular flexibility index (Phi) is 7.35. The first-order valence-electron chi connectivity index (χ1n) is 10.2. The van der Waals surface area contributed by atoms with Crippen molar-refractivity contribution in [2.45, 2.75) is 26.5 Å². The molecule has 0 radical (unpaired) electrons. The number of hydrogen-bond acceptors (Lipinski definition) is 6. The van der Waals surface area contributed by atoms with Crippen molar-refractivity contribution in [3.63, 3.8) is 0 Å². The summed E-state index contributed by atoms with van der Waals surface area (Å²) in [6.45, 7) is 1.30. The van der Waals surface area contributed by atoms with Crippen LogP contribution in [-0.2, 0) is 4.79 Å². The van der Waals surface area contributed by atoms with Crippen LogP contribution >= 0.6 is 23.5 Å². The predicted molar refractivity (Wildman–Crippen MR) is 130 cm³/mol. The van der Waals surface area contributed by atoms with E-state index in [0.29, 0.717) is 16.2 Å². The molecule has 0 bridgehead atoms. The molecule has 34 heavy (non-hydrogen) atoms. The van der Waals surface area contributed by atoms with Crippen molar-refractivity contribution >= 4 is 35.3 Å². The van der Waals surface area contributed by atoms with Crippen molar-refractivity contribution in [1.29, 1.82) is 0 Å². The summed E-state index contributed by atoms with van der Waals surface area (Å²) in [5.74, 6) is -0.673. The van der Waals surface area contributed by atoms with Gasteiger partial charge in [0, 0.05) is 37.6 Å². The number of carbonyl (C=O) groups excluding carboxylic acids is 2. The van der Waals surface area contributed by atoms with Gasteiger partial charge in [-0.1, -0.05) is 23.5 Å². The average Bonchev–Trinajstić information content (AvgIpc) is 2.83. The van der Waals surface area contributed by atoms with E-state index in [1.165, 1.54) is 36.9 Å². The molecule has 0 aliphatic rings. The lowest BCUT2D eigenvalue weighted by Crippen LogP contribution is -2.04. The number of ketones is 1. The number of esters is 1. The quantitative estimate of drug-likeness (QED) is 0.171. The normalized spacial score (nSPS) is 10.6. The molecular formula is C27H19FO4S2. The average molecular weight is 491 g/mol. The van der Waals surface area contributed by atoms with Gasteiger partial charge in [0.15, 0.2) is 5.78 Å². The number of phenols is 1. The summed E-state index contributed by atoms with van der Waals surface area (Å²) in [6, 6.07) is 25.3. The smallest absolute Gasteiger partial charge is 0.308 e. The predicted octanol–water partition coefficient (Wildman–Crippen LogP) is 6.99. The first-order chi connectivity index (χ1) is 16.4. The molecule has 0 saturated carbocycles. The van der Waals surface area contributed by atoms with Gasteiger partial charge in [-0.2, -0.15) is 0 Å². The van der Waals surface area contributed by atoms with Gasteiger partial charge >= 0.3 is 5.97 Å². The second-order valence-electron chi connectivity index (χ2n) is 7.26. The van der Waals surface area contributed by atoms with Crippen molar-refractivity contribution in [3.05, 3.63) is 108 Å². The molecule has 7 heteroatoms. The lowest BCUT2D eigenvalue weighted by atomic mass is 10.0. The van der Waals surface area contributed by atoms with Crippen LogP contribution in [0.5, 0.6) is 11.5 Å². The van der Waals surface area contributed by atoms with Gasteiger partial charge in [0.25, 0.3) is 0 Å². The van der Waals surface area contributed by atoms with Gasteiger partial charge in [0.05, 0.1) is 0 Å². The van der Waals surface area contributed by atoms with Gasteiger partial charge in [0.2, 0.25) is 0 Å². The second-order valence-corrected chi connectivity index (χ2v) is 9.52. The number of carbonyl (C=O) groups is 2. The van der Waals surface area contributed by atoms with Crippen LogP contribution in [0.4, 0.5) is 4.39 Å². The van der Waals surface area contributed by atoms with Crippen molar-refractivity contribution in [1.82, 2.24) is 0 Å². The van der Waals surface area contributed by atoms with Crippen LogP contribution in [-0.4, -0.2) is 16.9 Å². The zero-order chi connectivity index (χ0) is 24.1. The van der Waals surface area contributed by atoms with Gasteiger partial charge in [-0.3, -0.25) is 9.59 Å². The van der Waals surface area contributed by atoms with Crippen LogP contribution in [0.25, 0.3) is 0 Å². The summed E-state index contributed by atoms with van der Waals surface area (Å²) in [5.41, 5.74) is 0.611. The summed E-state index contributed by atoms with van der Waals surface area (Å²) in [6.07, 6.45) is 0. The van der Waals surface area contributed by atoms with Crippen molar-refractivity contribution < 1.29 is 23.8 Å². The molecule has 0 spiro atoms. The Morgan fingerprint density at radius 1 is 0.735 bits per heavy atom. The molecule has 4 aromatic carbocycles. The van der Waals surface area contributed by atoms with Crippen LogP contribution in [0, 0.1) is 5.82 Å². The molecule has 0 aromatic heterocycles. The molecule has 0 saturated heterocycles. The Balaban J connectivity index is 1.42. The highest BCUT2D eigenvalue weighted by Crippen LogP contribution is 2.34. The fraction of sp³-hybridized carbons (Fsp3) is 0.0370. The standard InChI is InChI=1S/C27H19FO4S2/c1-17(29)32-21-7-2-18(3-8-21)27(31)19-4-15-26(25(28)16-19)34-24-13-11-23(12-14-24)33-22-9-5-20(30)6-10-22/h2-16,30H,1H3. The van der Waals surface area contributed by atoms with E-state index >= 15 is 0 Å². The van der Waals surface area contributed by atoms with Gasteiger partial charge in [-0.25, -0.2) is 4.39 Å². The maximum atomic E-state index is 14.8. The van der Waals surface area contributed by atoms with Gasteiger partial charge in [-0.05, 0) is 91.0 Å². The third kappa shape index (κ3) is 6.07. The van der Waals surface area contributed by atoms with Gasteiger partial charge in [-0.15, -0.1) is 0 Å². The van der Waals surface area contributed by atoms with E-state index in [-0.39, 0.29) is 17.1 Å². The summed E-state index contributed by atoms with van der Waals surface area (Å²) in [4.78, 5) is 27.0. The maximum absolute atomic E-state index is 14.8. The summed E-state index contributed by atoms with van der Waals surface area (Å²) < 4.78 is 19.7. The van der Waals surface area contributed by atoms with Crippen molar-refractivity contribution in [2.24, 2.45) is 0 Å². The van der Waals surface area contributed by atoms with E-state index in [0.717, 1.165) is 14.7 Å². The molecule has 170 valence electrons. The zero-order valence-corrected chi connectivity index (χ0v) is 19.7. The Hall–Kier alpha value is -3.55. The number of rotatable bonds is 7. The summed E-state index contributed by atoms with van der Waals surface area (Å²) in [5, 5.41) is 9.39. The van der Waals surface area contributed by atoms with E-state index < -0.39 is 11.8 Å². The third-order valence-electron chi connectivity index (χ3n) is 4.70. The molecule has 4 rings (SSSR count). The molecule has 0 heterocycles. The molecule has 0 aliphatic heterocycles. The monoisotopic (exact) mass is 490 g/mol. The van der Waals surface area contributed by atoms with Crippen LogP contribution < -0.4 is 4.74 Å². The maximum Gasteiger partial charge on any atom is 0.308 e. The topological polar surface area (TPSA) is 63.6 Å². The number of halogens is 1. The largest absolute Gasteiger partial charge is 0.508 e. The minimum Gasteiger partial charge on any atom is -0.508 e. The van der Waals surface area contributed by atoms with Crippen molar-refractivity contribution in [3.8, 4) is 11.5 Å². The number of ether oxygens (including phenoxy) is 1. The van der Waals surface area contributed by atoms with Crippen LogP contribution in [0.1, 0.15) is 22.8 Å². The van der Waals surface area contributed by atoms with Crippen LogP contribution in [0.3, 0.4) is 0 Å². The first-order valence-corrected chi connectivity index (χ1v) is 11.9. The minimum absolute atomic E-state index is 0.225. The molecule has 0 amide bonds. The molecule has 0 atom stereocenters. The highest BCUT2D eigenvalue weighted by molar-refractivity contribution is 7.99. The number of phenolic OH excluding ortho intramolecular Hbond substituents is 1. The molecule has 0 fully saturated rings. The van der Waals surface area contributed by atoms with Gasteiger partial charge < -0.3 is 9.84 Å². The zero-order valence-electron chi connectivity index (χ0n) is 18.0. The first kappa shape index (κ1) is 23.6. The number of hydrogen-bond donors (Lipinski definition) is 1. The Bertz CT molecular complexity index is 1320. The molecule has 4 aromatic rings. The van der Waals surface area contributed by atoms with E-state index in [2.05, 4.69) is 0 Å². The van der Waals surface area contributed by atoms with E-state index in [9.17, 15) is 19.1 Å². The summed E-state index contributed by atoms with van der Waals surface area (Å²) in [7, 11) is 0. The van der Waals surface area contributed by atoms with E-state index in [1.807, 2.05) is 36.4 Å². The SMILES string of the molecule is CC(=O)Oc1ccc(C(=O)c2ccc(Sc3ccc(Sc4ccc(O)cc4)cc3)c(F)c2)cc1. The lowest BCUT2D eigenvalue weighted by molar-refractivity contribution is -0.131. The second kappa shape index (κ2) is 10.6. The molecule has 0 aliphatic carbocycles. The third-order valence-corrected chi connectivity index (χ3v) is 6.77. The fourth-order valence-electron chi connectivity index (χ4n) is 3.08. The Labute approximate surface area is 204 Å². The van der Waals surface area contributed by atoms with Crippen molar-refractivity contribution in [2.75, 3.05) is 0 Å². The number of benzene rings is 4. The van der Waals surface area contributed by atoms with Crippen LogP contribution in [0.2, 0.25) is 0 Å². The highest BCUT2D eigenvalue weighted by Gasteiger charge is 2.13. The molecular weight excluding hydrogens is 471 g/mol.